The van der Waals surface area contributed by atoms with Crippen LogP contribution in [0.2, 0.25) is 5.02 Å². The molecule has 6 nitrogen and oxygen atoms in total. The number of nitrogens with zero attached hydrogens (tertiary/aromatic N) is 3. The van der Waals surface area contributed by atoms with E-state index in [-0.39, 0.29) is 11.8 Å². The van der Waals surface area contributed by atoms with Crippen LogP contribution in [0, 0.1) is 17.2 Å². The number of benzene rings is 2. The van der Waals surface area contributed by atoms with E-state index in [1.807, 2.05) is 37.3 Å². The third kappa shape index (κ3) is 5.81. The summed E-state index contributed by atoms with van der Waals surface area (Å²) in [6.07, 6.45) is 5.83. The Hall–Kier alpha value is -3.14. The molecule has 0 spiro atoms. The minimum absolute atomic E-state index is 0.0524. The van der Waals surface area contributed by atoms with E-state index < -0.39 is 5.54 Å². The zero-order valence-corrected chi connectivity index (χ0v) is 19.5. The van der Waals surface area contributed by atoms with Crippen LogP contribution in [0.25, 0.3) is 0 Å². The molecule has 2 aromatic carbocycles. The molecular weight excluding hydrogens is 434 g/mol. The molecule has 0 aliphatic carbocycles. The fraction of sp³-hybridized carbons (Fsp3) is 0.346. The molecule has 1 fully saturated rings. The third-order valence-corrected chi connectivity index (χ3v) is 6.54. The van der Waals surface area contributed by atoms with Crippen LogP contribution in [0.1, 0.15) is 42.1 Å². The zero-order valence-electron chi connectivity index (χ0n) is 18.7. The molecule has 1 amide bonds. The van der Waals surface area contributed by atoms with Crippen LogP contribution in [-0.4, -0.2) is 33.9 Å². The Labute approximate surface area is 199 Å². The van der Waals surface area contributed by atoms with Crippen molar-refractivity contribution in [2.45, 2.75) is 38.3 Å². The zero-order chi connectivity index (χ0) is 23.3. The third-order valence-electron chi connectivity index (χ3n) is 6.30. The maximum Gasteiger partial charge on any atom is 0.225 e. The van der Waals surface area contributed by atoms with Crippen LogP contribution in [0.4, 0.5) is 0 Å². The largest absolute Gasteiger partial charge is 0.347 e. The summed E-state index contributed by atoms with van der Waals surface area (Å²) in [4.78, 5) is 23.1. The molecule has 1 aromatic heterocycles. The summed E-state index contributed by atoms with van der Waals surface area (Å²) in [5.41, 5.74) is 3.03. The first kappa shape index (κ1) is 23.0. The van der Waals surface area contributed by atoms with Gasteiger partial charge in [0.25, 0.3) is 0 Å². The number of nitriles is 1. The molecular formula is C26H28ClN5O. The number of halogens is 1. The molecule has 0 saturated carbocycles. The monoisotopic (exact) mass is 461 g/mol. The smallest absolute Gasteiger partial charge is 0.225 e. The topological polar surface area (TPSA) is 84.8 Å². The summed E-state index contributed by atoms with van der Waals surface area (Å²) >= 11 is 6.14. The van der Waals surface area contributed by atoms with Crippen molar-refractivity contribution >= 4 is 17.5 Å². The van der Waals surface area contributed by atoms with Gasteiger partial charge in [-0.05, 0) is 61.7 Å². The Morgan fingerprint density at radius 3 is 2.82 bits per heavy atom. The fourth-order valence-electron chi connectivity index (χ4n) is 4.55. The number of hydrogen-bond donors (Lipinski definition) is 2. The predicted octanol–water partition coefficient (Wildman–Crippen LogP) is 4.42. The lowest BCUT2D eigenvalue weighted by Gasteiger charge is -2.36. The van der Waals surface area contributed by atoms with E-state index in [4.69, 9.17) is 16.9 Å². The molecule has 170 valence electrons. The van der Waals surface area contributed by atoms with Crippen molar-refractivity contribution in [2.24, 2.45) is 5.92 Å². The second kappa shape index (κ2) is 10.2. The van der Waals surface area contributed by atoms with Gasteiger partial charge < -0.3 is 10.3 Å². The lowest BCUT2D eigenvalue weighted by Crippen LogP contribution is -2.51. The van der Waals surface area contributed by atoms with Gasteiger partial charge in [-0.15, -0.1) is 0 Å². The van der Waals surface area contributed by atoms with Crippen molar-refractivity contribution in [3.8, 4) is 6.07 Å². The van der Waals surface area contributed by atoms with Crippen LogP contribution in [0.3, 0.4) is 0 Å². The van der Waals surface area contributed by atoms with Gasteiger partial charge in [0, 0.05) is 24.5 Å². The average molecular weight is 462 g/mol. The summed E-state index contributed by atoms with van der Waals surface area (Å²) in [6.45, 7) is 4.49. The van der Waals surface area contributed by atoms with Gasteiger partial charge in [-0.25, -0.2) is 4.98 Å². The number of aromatic amines is 1. The number of H-pyrrole nitrogens is 1. The lowest BCUT2D eigenvalue weighted by molar-refractivity contribution is -0.128. The van der Waals surface area contributed by atoms with Gasteiger partial charge in [0.2, 0.25) is 5.91 Å². The first-order valence-electron chi connectivity index (χ1n) is 11.2. The molecule has 7 heteroatoms. The number of likely N-dealkylation sites (tertiary alicyclic amines) is 1. The van der Waals surface area contributed by atoms with Crippen LogP contribution < -0.4 is 5.32 Å². The van der Waals surface area contributed by atoms with Gasteiger partial charge in [0.15, 0.2) is 0 Å². The van der Waals surface area contributed by atoms with Gasteiger partial charge in [-0.1, -0.05) is 35.9 Å². The minimum atomic E-state index is -0.642. The molecule has 2 N–H and O–H groups in total. The van der Waals surface area contributed by atoms with Gasteiger partial charge in [0.1, 0.15) is 0 Å². The minimum Gasteiger partial charge on any atom is -0.347 e. The lowest BCUT2D eigenvalue weighted by atomic mass is 9.87. The summed E-state index contributed by atoms with van der Waals surface area (Å²) in [5.74, 6) is -0.0299. The number of hydrogen-bond acceptors (Lipinski definition) is 4. The van der Waals surface area contributed by atoms with Crippen LogP contribution in [-0.2, 0) is 23.3 Å². The molecule has 1 saturated heterocycles. The summed E-state index contributed by atoms with van der Waals surface area (Å²) in [5, 5.41) is 13.1. The van der Waals surface area contributed by atoms with Crippen molar-refractivity contribution in [1.82, 2.24) is 20.2 Å². The van der Waals surface area contributed by atoms with E-state index in [2.05, 4.69) is 32.3 Å². The normalized spacial score (nSPS) is 18.3. The van der Waals surface area contributed by atoms with Crippen molar-refractivity contribution in [3.63, 3.8) is 0 Å². The Morgan fingerprint density at radius 2 is 2.12 bits per heavy atom. The Balaban J connectivity index is 1.46. The van der Waals surface area contributed by atoms with E-state index in [1.165, 1.54) is 0 Å². The van der Waals surface area contributed by atoms with Gasteiger partial charge in [0.05, 0.1) is 41.3 Å². The molecule has 3 aromatic rings. The van der Waals surface area contributed by atoms with Crippen molar-refractivity contribution in [3.05, 3.63) is 88.5 Å². The number of piperidine rings is 1. The standard InChI is InChI=1S/C26H28ClN5O/c1-26(24-15-29-18-30-24,13-19-7-9-20(14-28)10-8-19)31-25(33)22-5-3-11-32(17-22)16-21-4-2-6-23(27)12-21/h2,4,6-10,12,15,18,22H,3,5,11,13,16-17H2,1H3,(H,29,30)(H,31,33). The molecule has 2 heterocycles. The van der Waals surface area contributed by atoms with Crippen molar-refractivity contribution in [1.29, 1.82) is 5.26 Å². The molecule has 2 atom stereocenters. The SMILES string of the molecule is CC(Cc1ccc(C#N)cc1)(NC(=O)C1CCCN(Cc2cccc(Cl)c2)C1)c1cnc[nH]1. The van der Waals surface area contributed by atoms with Gasteiger partial charge in [-0.2, -0.15) is 5.26 Å². The van der Waals surface area contributed by atoms with Crippen LogP contribution in [0.5, 0.6) is 0 Å². The van der Waals surface area contributed by atoms with E-state index >= 15 is 0 Å². The number of amides is 1. The van der Waals surface area contributed by atoms with E-state index in [9.17, 15) is 4.79 Å². The maximum atomic E-state index is 13.4. The summed E-state index contributed by atoms with van der Waals surface area (Å²) in [7, 11) is 0. The second-order valence-corrected chi connectivity index (χ2v) is 9.41. The highest BCUT2D eigenvalue weighted by molar-refractivity contribution is 6.30. The number of aromatic nitrogens is 2. The highest BCUT2D eigenvalue weighted by atomic mass is 35.5. The molecule has 1 aliphatic rings. The van der Waals surface area contributed by atoms with Crippen molar-refractivity contribution in [2.75, 3.05) is 13.1 Å². The van der Waals surface area contributed by atoms with E-state index in [0.717, 1.165) is 47.8 Å². The summed E-state index contributed by atoms with van der Waals surface area (Å²) in [6, 6.07) is 17.5. The molecule has 0 bridgehead atoms. The fourth-order valence-corrected chi connectivity index (χ4v) is 4.76. The first-order valence-corrected chi connectivity index (χ1v) is 11.6. The highest BCUT2D eigenvalue weighted by Gasteiger charge is 2.34. The van der Waals surface area contributed by atoms with Crippen LogP contribution >= 0.6 is 11.6 Å². The second-order valence-electron chi connectivity index (χ2n) is 8.98. The number of imidazole rings is 1. The number of nitrogens with one attached hydrogen (secondary N) is 2. The number of rotatable bonds is 7. The number of carbonyl (C=O) groups is 1. The Kier molecular flexibility index (Phi) is 7.12. The molecule has 1 aliphatic heterocycles. The number of carbonyl (C=O) groups excluding carboxylic acids is 1. The predicted molar refractivity (Wildman–Crippen MR) is 128 cm³/mol. The highest BCUT2D eigenvalue weighted by Crippen LogP contribution is 2.27. The summed E-state index contributed by atoms with van der Waals surface area (Å²) < 4.78 is 0. The average Bonchev–Trinajstić information content (AvgIpc) is 3.36. The van der Waals surface area contributed by atoms with Gasteiger partial charge >= 0.3 is 0 Å². The molecule has 4 rings (SSSR count). The molecule has 0 radical (unpaired) electrons. The molecule has 2 unspecified atom stereocenters. The van der Waals surface area contributed by atoms with E-state index in [0.29, 0.717) is 18.5 Å². The van der Waals surface area contributed by atoms with E-state index in [1.54, 1.807) is 24.7 Å². The first-order chi connectivity index (χ1) is 15.9. The molecule has 33 heavy (non-hydrogen) atoms. The maximum absolute atomic E-state index is 13.4. The van der Waals surface area contributed by atoms with Crippen molar-refractivity contribution < 1.29 is 4.79 Å². The Bertz CT molecular complexity index is 1120. The Morgan fingerprint density at radius 1 is 1.30 bits per heavy atom. The quantitative estimate of drug-likeness (QED) is 0.545. The van der Waals surface area contributed by atoms with Gasteiger partial charge in [-0.3, -0.25) is 9.69 Å². The van der Waals surface area contributed by atoms with Crippen LogP contribution in [0.15, 0.2) is 61.1 Å².